The molecule has 0 saturated heterocycles. The van der Waals surface area contributed by atoms with Crippen LogP contribution in [-0.2, 0) is 28.7 Å². The maximum absolute atomic E-state index is 4.98. The van der Waals surface area contributed by atoms with Crippen LogP contribution in [0.15, 0.2) is 25.7 Å². The molecule has 0 atom stereocenters. The van der Waals surface area contributed by atoms with Crippen molar-refractivity contribution >= 4 is 0 Å². The largest absolute Gasteiger partial charge is 0.476 e. The summed E-state index contributed by atoms with van der Waals surface area (Å²) < 4.78 is 19.2. The maximum Gasteiger partial charge on any atom is 0.220 e. The third-order valence-corrected chi connectivity index (χ3v) is 1.06. The molecule has 0 bridgehead atoms. The quantitative estimate of drug-likeness (QED) is 0.162. The standard InChI is InChI=1S/C9H16O6/c1-3-10-7-13-8-12-5-6-14-15-9-11-4-2/h3-4H,1-2,5-9H2. The third-order valence-electron chi connectivity index (χ3n) is 1.06. The molecule has 0 aromatic heterocycles. The van der Waals surface area contributed by atoms with E-state index in [0.717, 1.165) is 0 Å². The van der Waals surface area contributed by atoms with Crippen LogP contribution in [0.5, 0.6) is 0 Å². The molecule has 0 rings (SSSR count). The highest BCUT2D eigenvalue weighted by Crippen LogP contribution is 1.84. The fourth-order valence-corrected chi connectivity index (χ4v) is 0.510. The van der Waals surface area contributed by atoms with Crippen LogP contribution >= 0.6 is 0 Å². The summed E-state index contributed by atoms with van der Waals surface area (Å²) in [6.45, 7) is 7.56. The molecule has 0 radical (unpaired) electrons. The van der Waals surface area contributed by atoms with Crippen molar-refractivity contribution in [3.8, 4) is 0 Å². The summed E-state index contributed by atoms with van der Waals surface area (Å²) in [6.07, 6.45) is 2.55. The molecule has 0 aromatic carbocycles. The Hall–Kier alpha value is -1.08. The molecule has 0 spiro atoms. The Morgan fingerprint density at radius 3 is 2.20 bits per heavy atom. The second-order valence-corrected chi connectivity index (χ2v) is 2.07. The minimum Gasteiger partial charge on any atom is -0.476 e. The van der Waals surface area contributed by atoms with Crippen molar-refractivity contribution < 1.29 is 28.7 Å². The molecular formula is C9H16O6. The van der Waals surface area contributed by atoms with Gasteiger partial charge in [0.05, 0.1) is 19.1 Å². The summed E-state index contributed by atoms with van der Waals surface area (Å²) in [4.78, 5) is 9.23. The molecule has 0 amide bonds. The smallest absolute Gasteiger partial charge is 0.220 e. The Labute approximate surface area is 88.9 Å². The maximum atomic E-state index is 4.98. The molecule has 6 heteroatoms. The first-order valence-corrected chi connectivity index (χ1v) is 4.26. The topological polar surface area (TPSA) is 55.4 Å². The molecule has 0 aromatic rings. The number of hydrogen-bond acceptors (Lipinski definition) is 6. The molecule has 15 heavy (non-hydrogen) atoms. The Kier molecular flexibility index (Phi) is 12.0. The van der Waals surface area contributed by atoms with Gasteiger partial charge >= 0.3 is 0 Å². The van der Waals surface area contributed by atoms with Gasteiger partial charge in [-0.05, 0) is 0 Å². The van der Waals surface area contributed by atoms with E-state index in [1.165, 1.54) is 12.5 Å². The lowest BCUT2D eigenvalue weighted by molar-refractivity contribution is -0.333. The second-order valence-electron chi connectivity index (χ2n) is 2.07. The van der Waals surface area contributed by atoms with Crippen molar-refractivity contribution in [1.29, 1.82) is 0 Å². The predicted molar refractivity (Wildman–Crippen MR) is 51.2 cm³/mol. The van der Waals surface area contributed by atoms with Gasteiger partial charge in [-0.3, -0.25) is 0 Å². The minimum atomic E-state index is 0.00712. The van der Waals surface area contributed by atoms with Gasteiger partial charge in [0, 0.05) is 0 Å². The van der Waals surface area contributed by atoms with Gasteiger partial charge in [0.25, 0.3) is 0 Å². The lowest BCUT2D eigenvalue weighted by Crippen LogP contribution is -2.09. The van der Waals surface area contributed by atoms with Gasteiger partial charge in [-0.15, -0.1) is 0 Å². The van der Waals surface area contributed by atoms with Crippen LogP contribution < -0.4 is 0 Å². The predicted octanol–water partition coefficient (Wildman–Crippen LogP) is 1.16. The molecule has 0 saturated carbocycles. The van der Waals surface area contributed by atoms with Crippen LogP contribution in [0.1, 0.15) is 0 Å². The van der Waals surface area contributed by atoms with Crippen LogP contribution in [0.4, 0.5) is 0 Å². The van der Waals surface area contributed by atoms with E-state index >= 15 is 0 Å². The van der Waals surface area contributed by atoms with E-state index in [4.69, 9.17) is 9.47 Å². The normalized spacial score (nSPS) is 9.60. The second kappa shape index (κ2) is 12.9. The van der Waals surface area contributed by atoms with E-state index in [1.54, 1.807) is 0 Å². The van der Waals surface area contributed by atoms with Crippen LogP contribution in [-0.4, -0.2) is 33.6 Å². The fourth-order valence-electron chi connectivity index (χ4n) is 0.510. The van der Waals surface area contributed by atoms with Crippen molar-refractivity contribution in [1.82, 2.24) is 0 Å². The number of hydrogen-bond donors (Lipinski definition) is 0. The van der Waals surface area contributed by atoms with Gasteiger partial charge < -0.3 is 18.9 Å². The molecule has 0 heterocycles. The number of rotatable bonds is 12. The van der Waals surface area contributed by atoms with Gasteiger partial charge in [0.1, 0.15) is 6.61 Å². The van der Waals surface area contributed by atoms with Gasteiger partial charge in [-0.25, -0.2) is 4.89 Å². The first-order chi connectivity index (χ1) is 7.41. The molecule has 0 aliphatic carbocycles. The van der Waals surface area contributed by atoms with Crippen LogP contribution in [0.25, 0.3) is 0 Å². The van der Waals surface area contributed by atoms with E-state index in [2.05, 4.69) is 32.4 Å². The average Bonchev–Trinajstić information content (AvgIpc) is 2.26. The van der Waals surface area contributed by atoms with Crippen molar-refractivity contribution in [3.05, 3.63) is 25.7 Å². The molecule has 88 valence electrons. The highest BCUT2D eigenvalue weighted by atomic mass is 17.2. The van der Waals surface area contributed by atoms with E-state index in [-0.39, 0.29) is 27.0 Å². The first-order valence-electron chi connectivity index (χ1n) is 4.26. The summed E-state index contributed by atoms with van der Waals surface area (Å²) in [7, 11) is 0. The third kappa shape index (κ3) is 12.9. The zero-order valence-electron chi connectivity index (χ0n) is 8.55. The van der Waals surface area contributed by atoms with Gasteiger partial charge in [-0.1, -0.05) is 13.2 Å². The molecule has 0 fully saturated rings. The van der Waals surface area contributed by atoms with Crippen LogP contribution in [0.3, 0.4) is 0 Å². The molecule has 6 nitrogen and oxygen atoms in total. The van der Waals surface area contributed by atoms with E-state index in [9.17, 15) is 0 Å². The van der Waals surface area contributed by atoms with Crippen molar-refractivity contribution in [3.63, 3.8) is 0 Å². The molecule has 0 aliphatic heterocycles. The van der Waals surface area contributed by atoms with Crippen LogP contribution in [0, 0.1) is 0 Å². The lowest BCUT2D eigenvalue weighted by Gasteiger charge is -2.05. The highest BCUT2D eigenvalue weighted by Gasteiger charge is 1.90. The minimum absolute atomic E-state index is 0.00712. The summed E-state index contributed by atoms with van der Waals surface area (Å²) in [5.41, 5.74) is 0. The van der Waals surface area contributed by atoms with E-state index in [0.29, 0.717) is 6.61 Å². The SMILES string of the molecule is C=COCOCOCCOOCOC=C. The summed E-state index contributed by atoms with van der Waals surface area (Å²) >= 11 is 0. The van der Waals surface area contributed by atoms with Crippen molar-refractivity contribution in [2.24, 2.45) is 0 Å². The van der Waals surface area contributed by atoms with Crippen molar-refractivity contribution in [2.45, 2.75) is 0 Å². The van der Waals surface area contributed by atoms with Crippen molar-refractivity contribution in [2.75, 3.05) is 33.6 Å². The molecular weight excluding hydrogens is 204 g/mol. The Balaban J connectivity index is 2.86. The fraction of sp³-hybridized carbons (Fsp3) is 0.556. The Bertz CT molecular complexity index is 134. The van der Waals surface area contributed by atoms with E-state index in [1.807, 2.05) is 0 Å². The van der Waals surface area contributed by atoms with E-state index < -0.39 is 0 Å². The highest BCUT2D eigenvalue weighted by molar-refractivity contribution is 4.45. The molecule has 0 unspecified atom stereocenters. The number of ether oxygens (including phenoxy) is 4. The van der Waals surface area contributed by atoms with Gasteiger partial charge in [0.15, 0.2) is 13.6 Å². The Morgan fingerprint density at radius 2 is 1.47 bits per heavy atom. The monoisotopic (exact) mass is 220 g/mol. The molecule has 0 N–H and O–H groups in total. The van der Waals surface area contributed by atoms with Crippen LogP contribution in [0.2, 0.25) is 0 Å². The average molecular weight is 220 g/mol. The zero-order chi connectivity index (χ0) is 11.2. The van der Waals surface area contributed by atoms with Gasteiger partial charge in [0.2, 0.25) is 6.79 Å². The lowest BCUT2D eigenvalue weighted by atomic mass is 10.8. The Morgan fingerprint density at radius 1 is 0.733 bits per heavy atom. The summed E-state index contributed by atoms with van der Waals surface area (Å²) in [5.74, 6) is 0. The van der Waals surface area contributed by atoms with Gasteiger partial charge in [-0.2, -0.15) is 4.89 Å². The summed E-state index contributed by atoms with van der Waals surface area (Å²) in [5, 5.41) is 0. The first kappa shape index (κ1) is 13.9. The summed E-state index contributed by atoms with van der Waals surface area (Å²) in [6, 6.07) is 0. The zero-order valence-corrected chi connectivity index (χ0v) is 8.55. The molecule has 0 aliphatic rings.